The second-order valence-electron chi connectivity index (χ2n) is 11.4. The van der Waals surface area contributed by atoms with Gasteiger partial charge in [0.2, 0.25) is 0 Å². The van der Waals surface area contributed by atoms with Gasteiger partial charge in [-0.05, 0) is 48.4 Å². The molecule has 224 valence electrons. The van der Waals surface area contributed by atoms with Crippen molar-refractivity contribution in [1.29, 1.82) is 0 Å². The van der Waals surface area contributed by atoms with Crippen molar-refractivity contribution in [1.82, 2.24) is 9.97 Å². The first-order chi connectivity index (χ1) is 23.2. The smallest absolute Gasteiger partial charge is 0.159 e. The van der Waals surface area contributed by atoms with Crippen molar-refractivity contribution in [2.24, 2.45) is 0 Å². The van der Waals surface area contributed by atoms with Crippen molar-refractivity contribution in [3.05, 3.63) is 158 Å². The molecule has 0 unspecified atom stereocenters. The molecule has 0 aliphatic rings. The van der Waals surface area contributed by atoms with Crippen LogP contribution in [0.5, 0.6) is 0 Å². The molecule has 4 nitrogen and oxygen atoms in total. The molecule has 3 aromatic heterocycles. The van der Waals surface area contributed by atoms with E-state index in [1.807, 2.05) is 55.6 Å². The fourth-order valence-electron chi connectivity index (χ4n) is 6.28. The topological polar surface area (TPSA) is 52.1 Å². The molecule has 0 atom stereocenters. The minimum atomic E-state index is 0.672. The van der Waals surface area contributed by atoms with Gasteiger partial charge in [-0.3, -0.25) is 0 Å². The Labute approximate surface area is 272 Å². The van der Waals surface area contributed by atoms with Crippen molar-refractivity contribution >= 4 is 43.9 Å². The third-order valence-corrected chi connectivity index (χ3v) is 8.37. The molecule has 9 aromatic rings. The Balaban J connectivity index is 0.00000104. The van der Waals surface area contributed by atoms with E-state index >= 15 is 0 Å². The van der Waals surface area contributed by atoms with Crippen molar-refractivity contribution in [2.45, 2.75) is 6.92 Å². The van der Waals surface area contributed by atoms with Crippen LogP contribution in [0, 0.1) is 0 Å². The summed E-state index contributed by atoms with van der Waals surface area (Å²) in [6.45, 7) is 5.25. The molecule has 4 heteroatoms. The molecule has 0 aliphatic heterocycles. The number of para-hydroxylation sites is 4. The summed E-state index contributed by atoms with van der Waals surface area (Å²) >= 11 is 0. The number of fused-ring (bicyclic) bond motifs is 6. The van der Waals surface area contributed by atoms with Crippen molar-refractivity contribution in [3.63, 3.8) is 0 Å². The third kappa shape index (κ3) is 5.06. The van der Waals surface area contributed by atoms with Crippen molar-refractivity contribution in [3.8, 4) is 44.9 Å². The second kappa shape index (κ2) is 11.9. The van der Waals surface area contributed by atoms with Crippen LogP contribution in [-0.2, 0) is 0 Å². The molecule has 0 spiro atoms. The lowest BCUT2D eigenvalue weighted by atomic mass is 9.99. The first-order valence-corrected chi connectivity index (χ1v) is 15.6. The molecule has 0 N–H and O–H groups in total. The fourth-order valence-corrected chi connectivity index (χ4v) is 6.28. The summed E-state index contributed by atoms with van der Waals surface area (Å²) in [5, 5.41) is 4.47. The maximum Gasteiger partial charge on any atom is 0.159 e. The van der Waals surface area contributed by atoms with Crippen molar-refractivity contribution in [2.75, 3.05) is 0 Å². The Bertz CT molecular complexity index is 2400. The Kier molecular flexibility index (Phi) is 7.16. The number of benzene rings is 6. The predicted molar refractivity (Wildman–Crippen MR) is 194 cm³/mol. The van der Waals surface area contributed by atoms with E-state index in [2.05, 4.69) is 109 Å². The first kappa shape index (κ1) is 28.2. The Morgan fingerprint density at radius 1 is 0.511 bits per heavy atom. The average Bonchev–Trinajstić information content (AvgIpc) is 3.71. The number of aromatic nitrogens is 2. The zero-order valence-corrected chi connectivity index (χ0v) is 25.9. The Morgan fingerprint density at radius 2 is 0.979 bits per heavy atom. The minimum absolute atomic E-state index is 0.672. The van der Waals surface area contributed by atoms with Crippen LogP contribution >= 0.6 is 0 Å². The maximum absolute atomic E-state index is 6.32. The molecule has 0 saturated carbocycles. The fraction of sp³-hybridized carbons (Fsp3) is 0.0233. The maximum atomic E-state index is 6.32. The molecule has 0 aliphatic carbocycles. The lowest BCUT2D eigenvalue weighted by molar-refractivity contribution is 0.669. The monoisotopic (exact) mass is 606 g/mol. The van der Waals surface area contributed by atoms with E-state index < -0.39 is 0 Å². The molecule has 3 heterocycles. The van der Waals surface area contributed by atoms with Gasteiger partial charge < -0.3 is 8.83 Å². The first-order valence-electron chi connectivity index (χ1n) is 15.6. The van der Waals surface area contributed by atoms with E-state index in [4.69, 9.17) is 13.8 Å². The molecule has 0 bridgehead atoms. The summed E-state index contributed by atoms with van der Waals surface area (Å²) in [7, 11) is 0. The van der Waals surface area contributed by atoms with Crippen LogP contribution < -0.4 is 0 Å². The van der Waals surface area contributed by atoms with Gasteiger partial charge in [-0.25, -0.2) is 9.97 Å². The summed E-state index contributed by atoms with van der Waals surface area (Å²) in [4.78, 5) is 9.68. The summed E-state index contributed by atoms with van der Waals surface area (Å²) in [6.07, 6.45) is 3.58. The summed E-state index contributed by atoms with van der Waals surface area (Å²) < 4.78 is 12.6. The molecule has 0 saturated heterocycles. The standard InChI is InChI=1S/C40H24N2O2.C3H6/c1-3-19-36-31(13-1)33-17-7-15-29(38(33)43-36)25-9-5-11-27(23-25)35-21-22-41-40(42-35)28-12-6-10-26(24-28)30-16-8-18-34-32-14-2-4-20-37(32)44-39(30)34;1-3-2/h1-24H;3H,1H2,2H3. The zero-order chi connectivity index (χ0) is 31.7. The SMILES string of the molecule is C=CC.c1cc(-c2ccnc(-c3cccc(-c4cccc5c4oc4ccccc45)c3)n2)cc(-c2cccc3c2oc2ccccc23)c1. The van der Waals surface area contributed by atoms with Gasteiger partial charge in [0.1, 0.15) is 22.3 Å². The molecular weight excluding hydrogens is 576 g/mol. The van der Waals surface area contributed by atoms with Gasteiger partial charge in [0, 0.05) is 50.0 Å². The number of rotatable bonds is 4. The van der Waals surface area contributed by atoms with Crippen LogP contribution in [0.4, 0.5) is 0 Å². The van der Waals surface area contributed by atoms with Crippen molar-refractivity contribution < 1.29 is 8.83 Å². The van der Waals surface area contributed by atoms with Gasteiger partial charge in [0.25, 0.3) is 0 Å². The van der Waals surface area contributed by atoms with E-state index in [1.165, 1.54) is 0 Å². The highest BCUT2D eigenvalue weighted by atomic mass is 16.3. The van der Waals surface area contributed by atoms with E-state index in [0.29, 0.717) is 5.82 Å². The van der Waals surface area contributed by atoms with Crippen LogP contribution in [-0.4, -0.2) is 9.97 Å². The summed E-state index contributed by atoms with van der Waals surface area (Å²) in [6, 6.07) is 47.8. The highest BCUT2D eigenvalue weighted by molar-refractivity contribution is 6.10. The van der Waals surface area contributed by atoms with E-state index in [-0.39, 0.29) is 0 Å². The average molecular weight is 607 g/mol. The van der Waals surface area contributed by atoms with Crippen LogP contribution in [0.2, 0.25) is 0 Å². The number of nitrogens with zero attached hydrogens (tertiary/aromatic N) is 2. The minimum Gasteiger partial charge on any atom is -0.455 e. The van der Waals surface area contributed by atoms with E-state index in [0.717, 1.165) is 83.0 Å². The molecule has 9 rings (SSSR count). The number of hydrogen-bond donors (Lipinski definition) is 0. The summed E-state index contributed by atoms with van der Waals surface area (Å²) in [5.41, 5.74) is 10.6. The van der Waals surface area contributed by atoms with E-state index in [9.17, 15) is 0 Å². The molecule has 0 fully saturated rings. The predicted octanol–water partition coefficient (Wildman–Crippen LogP) is 12.1. The largest absolute Gasteiger partial charge is 0.455 e. The highest BCUT2D eigenvalue weighted by Gasteiger charge is 2.15. The van der Waals surface area contributed by atoms with Crippen LogP contribution in [0.15, 0.2) is 167 Å². The number of allylic oxidation sites excluding steroid dienone is 1. The van der Waals surface area contributed by atoms with Gasteiger partial charge in [0.15, 0.2) is 5.82 Å². The Hall–Kier alpha value is -6.26. The summed E-state index contributed by atoms with van der Waals surface area (Å²) in [5.74, 6) is 0.672. The lowest BCUT2D eigenvalue weighted by Crippen LogP contribution is -1.92. The quantitative estimate of drug-likeness (QED) is 0.187. The highest BCUT2D eigenvalue weighted by Crippen LogP contribution is 2.38. The normalized spacial score (nSPS) is 11.2. The third-order valence-electron chi connectivity index (χ3n) is 8.37. The number of hydrogen-bond acceptors (Lipinski definition) is 4. The molecular formula is C43H30N2O2. The van der Waals surface area contributed by atoms with Crippen LogP contribution in [0.1, 0.15) is 6.92 Å². The molecule has 0 amide bonds. The van der Waals surface area contributed by atoms with E-state index in [1.54, 1.807) is 6.08 Å². The number of furan rings is 2. The van der Waals surface area contributed by atoms with Gasteiger partial charge in [0.05, 0.1) is 5.69 Å². The van der Waals surface area contributed by atoms with Gasteiger partial charge in [-0.15, -0.1) is 6.58 Å². The molecule has 6 aromatic carbocycles. The zero-order valence-electron chi connectivity index (χ0n) is 25.9. The lowest BCUT2D eigenvalue weighted by Gasteiger charge is -2.09. The van der Waals surface area contributed by atoms with Crippen LogP contribution in [0.3, 0.4) is 0 Å². The van der Waals surface area contributed by atoms with Gasteiger partial charge >= 0.3 is 0 Å². The molecule has 47 heavy (non-hydrogen) atoms. The molecule has 0 radical (unpaired) electrons. The van der Waals surface area contributed by atoms with Gasteiger partial charge in [-0.2, -0.15) is 0 Å². The van der Waals surface area contributed by atoms with Gasteiger partial charge in [-0.1, -0.05) is 115 Å². The Morgan fingerprint density at radius 3 is 1.57 bits per heavy atom. The second-order valence-corrected chi connectivity index (χ2v) is 11.4. The van der Waals surface area contributed by atoms with Crippen LogP contribution in [0.25, 0.3) is 88.8 Å².